The molecule has 0 radical (unpaired) electrons. The lowest BCUT2D eigenvalue weighted by Crippen LogP contribution is -2.33. The molecule has 15 heavy (non-hydrogen) atoms. The Morgan fingerprint density at radius 1 is 1.13 bits per heavy atom. The normalized spacial score (nSPS) is 25.5. The van der Waals surface area contributed by atoms with Crippen molar-refractivity contribution in [3.05, 3.63) is 29.8 Å². The minimum Gasteiger partial charge on any atom is -0.489 e. The predicted octanol–water partition coefficient (Wildman–Crippen LogP) is 2.22. The van der Waals surface area contributed by atoms with E-state index in [-0.39, 0.29) is 17.9 Å². The van der Waals surface area contributed by atoms with Crippen LogP contribution in [0.3, 0.4) is 0 Å². The Morgan fingerprint density at radius 2 is 1.80 bits per heavy atom. The Bertz CT molecular complexity index is 336. The molecule has 0 amide bonds. The lowest BCUT2D eigenvalue weighted by molar-refractivity contribution is 0.190. The summed E-state index contributed by atoms with van der Waals surface area (Å²) in [6.45, 7) is 0. The van der Waals surface area contributed by atoms with Crippen LogP contribution < -0.4 is 10.5 Å². The summed E-state index contributed by atoms with van der Waals surface area (Å²) in [6.07, 6.45) is 2.64. The van der Waals surface area contributed by atoms with Gasteiger partial charge in [-0.25, -0.2) is 8.78 Å². The highest BCUT2D eigenvalue weighted by Crippen LogP contribution is 2.24. The van der Waals surface area contributed by atoms with E-state index in [4.69, 9.17) is 10.5 Å². The molecule has 1 aromatic carbocycles. The monoisotopic (exact) mass is 213 g/mol. The van der Waals surface area contributed by atoms with Crippen LogP contribution in [-0.4, -0.2) is 12.1 Å². The van der Waals surface area contributed by atoms with E-state index in [0.29, 0.717) is 0 Å². The maximum atomic E-state index is 12.8. The van der Waals surface area contributed by atoms with Crippen LogP contribution in [0, 0.1) is 11.6 Å². The SMILES string of the molecule is N[C@@H]1CCC[C@@H]1Oc1cc(F)cc(F)c1. The van der Waals surface area contributed by atoms with E-state index in [0.717, 1.165) is 25.3 Å². The van der Waals surface area contributed by atoms with E-state index >= 15 is 0 Å². The van der Waals surface area contributed by atoms with E-state index in [2.05, 4.69) is 0 Å². The highest BCUT2D eigenvalue weighted by atomic mass is 19.1. The lowest BCUT2D eigenvalue weighted by atomic mass is 10.2. The maximum Gasteiger partial charge on any atom is 0.129 e. The average molecular weight is 213 g/mol. The zero-order valence-corrected chi connectivity index (χ0v) is 8.25. The first-order valence-electron chi connectivity index (χ1n) is 5.03. The average Bonchev–Trinajstić information content (AvgIpc) is 2.50. The van der Waals surface area contributed by atoms with Crippen LogP contribution in [0.1, 0.15) is 19.3 Å². The molecule has 1 saturated carbocycles. The van der Waals surface area contributed by atoms with Gasteiger partial charge >= 0.3 is 0 Å². The number of ether oxygens (including phenoxy) is 1. The Hall–Kier alpha value is -1.16. The first-order valence-corrected chi connectivity index (χ1v) is 5.03. The van der Waals surface area contributed by atoms with Crippen LogP contribution >= 0.6 is 0 Å². The van der Waals surface area contributed by atoms with Gasteiger partial charge in [0.15, 0.2) is 0 Å². The van der Waals surface area contributed by atoms with Crippen molar-refractivity contribution in [2.45, 2.75) is 31.4 Å². The van der Waals surface area contributed by atoms with Crippen LogP contribution in [0.4, 0.5) is 8.78 Å². The minimum atomic E-state index is -0.628. The van der Waals surface area contributed by atoms with E-state index in [1.54, 1.807) is 0 Å². The first kappa shape index (κ1) is 10.4. The van der Waals surface area contributed by atoms with E-state index < -0.39 is 11.6 Å². The van der Waals surface area contributed by atoms with Gasteiger partial charge in [-0.2, -0.15) is 0 Å². The number of hydrogen-bond donors (Lipinski definition) is 1. The van der Waals surface area contributed by atoms with Crippen molar-refractivity contribution in [1.29, 1.82) is 0 Å². The second-order valence-electron chi connectivity index (χ2n) is 3.86. The van der Waals surface area contributed by atoms with Gasteiger partial charge in [0.1, 0.15) is 23.5 Å². The highest BCUT2D eigenvalue weighted by Gasteiger charge is 2.25. The molecule has 0 saturated heterocycles. The van der Waals surface area contributed by atoms with Gasteiger partial charge in [0.05, 0.1) is 0 Å². The minimum absolute atomic E-state index is 0.0312. The number of hydrogen-bond acceptors (Lipinski definition) is 2. The molecule has 0 unspecified atom stereocenters. The molecular weight excluding hydrogens is 200 g/mol. The summed E-state index contributed by atoms with van der Waals surface area (Å²) in [7, 11) is 0. The van der Waals surface area contributed by atoms with Crippen molar-refractivity contribution < 1.29 is 13.5 Å². The maximum absolute atomic E-state index is 12.8. The van der Waals surface area contributed by atoms with Gasteiger partial charge < -0.3 is 10.5 Å². The van der Waals surface area contributed by atoms with Gasteiger partial charge in [-0.3, -0.25) is 0 Å². The molecule has 1 aromatic rings. The zero-order chi connectivity index (χ0) is 10.8. The van der Waals surface area contributed by atoms with Crippen LogP contribution in [-0.2, 0) is 0 Å². The summed E-state index contributed by atoms with van der Waals surface area (Å²) in [4.78, 5) is 0. The van der Waals surface area contributed by atoms with Crippen molar-refractivity contribution in [1.82, 2.24) is 0 Å². The molecule has 2 atom stereocenters. The van der Waals surface area contributed by atoms with Gasteiger partial charge in [0, 0.05) is 24.2 Å². The van der Waals surface area contributed by atoms with Crippen molar-refractivity contribution in [3.8, 4) is 5.75 Å². The predicted molar refractivity (Wildman–Crippen MR) is 52.6 cm³/mol. The fourth-order valence-corrected chi connectivity index (χ4v) is 1.87. The largest absolute Gasteiger partial charge is 0.489 e. The fraction of sp³-hybridized carbons (Fsp3) is 0.455. The van der Waals surface area contributed by atoms with Gasteiger partial charge in [-0.1, -0.05) is 0 Å². The molecule has 0 heterocycles. The van der Waals surface area contributed by atoms with Crippen molar-refractivity contribution in [3.63, 3.8) is 0 Å². The number of nitrogens with two attached hydrogens (primary N) is 1. The van der Waals surface area contributed by atoms with Crippen LogP contribution in [0.25, 0.3) is 0 Å². The molecule has 2 N–H and O–H groups in total. The van der Waals surface area contributed by atoms with Gasteiger partial charge in [-0.15, -0.1) is 0 Å². The van der Waals surface area contributed by atoms with Crippen molar-refractivity contribution >= 4 is 0 Å². The highest BCUT2D eigenvalue weighted by molar-refractivity contribution is 5.24. The molecule has 0 bridgehead atoms. The Morgan fingerprint density at radius 3 is 2.33 bits per heavy atom. The molecule has 2 nitrogen and oxygen atoms in total. The Kier molecular flexibility index (Phi) is 2.86. The van der Waals surface area contributed by atoms with Gasteiger partial charge in [0.2, 0.25) is 0 Å². The van der Waals surface area contributed by atoms with Crippen LogP contribution in [0.5, 0.6) is 5.75 Å². The third-order valence-electron chi connectivity index (χ3n) is 2.63. The summed E-state index contributed by atoms with van der Waals surface area (Å²) < 4.78 is 31.1. The second-order valence-corrected chi connectivity index (χ2v) is 3.86. The summed E-state index contributed by atoms with van der Waals surface area (Å²) in [5, 5.41) is 0. The molecule has 0 aliphatic heterocycles. The standard InChI is InChI=1S/C11H13F2NO/c12-7-4-8(13)6-9(5-7)15-11-3-1-2-10(11)14/h4-6,10-11H,1-3,14H2/t10-,11+/m1/s1. The molecule has 82 valence electrons. The third kappa shape index (κ3) is 2.45. The topological polar surface area (TPSA) is 35.2 Å². The summed E-state index contributed by atoms with van der Waals surface area (Å²) in [5.41, 5.74) is 5.79. The number of benzene rings is 1. The molecule has 1 fully saturated rings. The van der Waals surface area contributed by atoms with Gasteiger partial charge in [0.25, 0.3) is 0 Å². The van der Waals surface area contributed by atoms with E-state index in [9.17, 15) is 8.78 Å². The third-order valence-corrected chi connectivity index (χ3v) is 2.63. The lowest BCUT2D eigenvalue weighted by Gasteiger charge is -2.17. The van der Waals surface area contributed by atoms with Crippen LogP contribution in [0.2, 0.25) is 0 Å². The van der Waals surface area contributed by atoms with Crippen molar-refractivity contribution in [2.75, 3.05) is 0 Å². The number of halogens is 2. The van der Waals surface area contributed by atoms with Crippen LogP contribution in [0.15, 0.2) is 18.2 Å². The summed E-state index contributed by atoms with van der Waals surface area (Å²) in [5.74, 6) is -1.04. The first-order chi connectivity index (χ1) is 7.15. The molecule has 4 heteroatoms. The van der Waals surface area contributed by atoms with E-state index in [1.807, 2.05) is 0 Å². The smallest absolute Gasteiger partial charge is 0.129 e. The van der Waals surface area contributed by atoms with Crippen molar-refractivity contribution in [2.24, 2.45) is 5.73 Å². The molecule has 1 aliphatic rings. The quantitative estimate of drug-likeness (QED) is 0.817. The second kappa shape index (κ2) is 4.14. The molecule has 1 aliphatic carbocycles. The summed E-state index contributed by atoms with van der Waals surface area (Å²) >= 11 is 0. The molecule has 2 rings (SSSR count). The summed E-state index contributed by atoms with van der Waals surface area (Å²) in [6, 6.07) is 3.14. The molecular formula is C11H13F2NO. The molecule has 0 aromatic heterocycles. The van der Waals surface area contributed by atoms with E-state index in [1.165, 1.54) is 12.1 Å². The van der Waals surface area contributed by atoms with Gasteiger partial charge in [-0.05, 0) is 19.3 Å². The fourth-order valence-electron chi connectivity index (χ4n) is 1.87. The Balaban J connectivity index is 2.10. The zero-order valence-electron chi connectivity index (χ0n) is 8.25. The Labute approximate surface area is 87.0 Å². The number of rotatable bonds is 2. The molecule has 0 spiro atoms.